The maximum atomic E-state index is 11.7. The molecule has 2 N–H and O–H groups in total. The number of aromatic nitrogens is 1. The SMILES string of the molecule is CC(C)(CCCO)CNC(=O)CSc1ccncc1. The number of hydrogen-bond donors (Lipinski definition) is 2. The van der Waals surface area contributed by atoms with Gasteiger partial charge in [0.2, 0.25) is 5.91 Å². The van der Waals surface area contributed by atoms with Crippen molar-refractivity contribution in [3.63, 3.8) is 0 Å². The summed E-state index contributed by atoms with van der Waals surface area (Å²) in [5, 5.41) is 11.8. The molecule has 0 aliphatic carbocycles. The number of hydrogen-bond acceptors (Lipinski definition) is 4. The molecule has 106 valence electrons. The molecule has 4 nitrogen and oxygen atoms in total. The molecule has 0 radical (unpaired) electrons. The second kappa shape index (κ2) is 8.17. The zero-order valence-corrected chi connectivity index (χ0v) is 12.4. The van der Waals surface area contributed by atoms with Gasteiger partial charge in [-0.05, 0) is 30.4 Å². The lowest BCUT2D eigenvalue weighted by Gasteiger charge is -2.24. The quantitative estimate of drug-likeness (QED) is 0.717. The molecular weight excluding hydrogens is 260 g/mol. The van der Waals surface area contributed by atoms with Crippen LogP contribution in [0, 0.1) is 5.41 Å². The fourth-order valence-electron chi connectivity index (χ4n) is 1.62. The van der Waals surface area contributed by atoms with Crippen molar-refractivity contribution < 1.29 is 9.90 Å². The molecular formula is C14H22N2O2S. The Morgan fingerprint density at radius 2 is 2.11 bits per heavy atom. The third kappa shape index (κ3) is 7.18. The van der Waals surface area contributed by atoms with Crippen LogP contribution >= 0.6 is 11.8 Å². The average molecular weight is 282 g/mol. The fourth-order valence-corrected chi connectivity index (χ4v) is 2.33. The van der Waals surface area contributed by atoms with Crippen molar-refractivity contribution in [1.29, 1.82) is 0 Å². The van der Waals surface area contributed by atoms with E-state index < -0.39 is 0 Å². The van der Waals surface area contributed by atoms with Gasteiger partial charge in [0, 0.05) is 30.4 Å². The van der Waals surface area contributed by atoms with E-state index in [1.165, 1.54) is 11.8 Å². The van der Waals surface area contributed by atoms with Gasteiger partial charge >= 0.3 is 0 Å². The van der Waals surface area contributed by atoms with Crippen LogP contribution in [0.1, 0.15) is 26.7 Å². The Morgan fingerprint density at radius 3 is 2.74 bits per heavy atom. The fraction of sp³-hybridized carbons (Fsp3) is 0.571. The van der Waals surface area contributed by atoms with Gasteiger partial charge < -0.3 is 10.4 Å². The van der Waals surface area contributed by atoms with Crippen molar-refractivity contribution in [3.8, 4) is 0 Å². The van der Waals surface area contributed by atoms with Crippen LogP contribution in [-0.2, 0) is 4.79 Å². The van der Waals surface area contributed by atoms with Gasteiger partial charge in [0.15, 0.2) is 0 Å². The van der Waals surface area contributed by atoms with Crippen molar-refractivity contribution in [2.75, 3.05) is 18.9 Å². The van der Waals surface area contributed by atoms with E-state index in [2.05, 4.69) is 24.1 Å². The van der Waals surface area contributed by atoms with E-state index in [0.29, 0.717) is 12.3 Å². The molecule has 0 unspecified atom stereocenters. The minimum atomic E-state index is 0.0275. The molecule has 1 amide bonds. The Morgan fingerprint density at radius 1 is 1.42 bits per heavy atom. The van der Waals surface area contributed by atoms with Crippen molar-refractivity contribution in [3.05, 3.63) is 24.5 Å². The first-order valence-electron chi connectivity index (χ1n) is 6.44. The lowest BCUT2D eigenvalue weighted by Crippen LogP contribution is -2.35. The maximum absolute atomic E-state index is 11.7. The van der Waals surface area contributed by atoms with E-state index in [1.807, 2.05) is 12.1 Å². The van der Waals surface area contributed by atoms with Gasteiger partial charge in [-0.25, -0.2) is 0 Å². The van der Waals surface area contributed by atoms with Gasteiger partial charge in [-0.1, -0.05) is 13.8 Å². The summed E-state index contributed by atoms with van der Waals surface area (Å²) >= 11 is 1.50. The van der Waals surface area contributed by atoms with E-state index in [4.69, 9.17) is 5.11 Å². The molecule has 1 heterocycles. The number of pyridine rings is 1. The highest BCUT2D eigenvalue weighted by molar-refractivity contribution is 8.00. The molecule has 1 rings (SSSR count). The third-order valence-electron chi connectivity index (χ3n) is 2.80. The summed E-state index contributed by atoms with van der Waals surface area (Å²) < 4.78 is 0. The van der Waals surface area contributed by atoms with Crippen molar-refractivity contribution in [1.82, 2.24) is 10.3 Å². The lowest BCUT2D eigenvalue weighted by atomic mass is 9.88. The number of amides is 1. The molecule has 0 aromatic carbocycles. The Bertz CT molecular complexity index is 382. The van der Waals surface area contributed by atoms with Crippen molar-refractivity contribution >= 4 is 17.7 Å². The Kier molecular flexibility index (Phi) is 6.87. The monoisotopic (exact) mass is 282 g/mol. The molecule has 19 heavy (non-hydrogen) atoms. The number of aliphatic hydroxyl groups excluding tert-OH is 1. The summed E-state index contributed by atoms with van der Waals surface area (Å²) in [6.45, 7) is 5.04. The normalized spacial score (nSPS) is 11.3. The van der Waals surface area contributed by atoms with Crippen LogP contribution in [-0.4, -0.2) is 34.9 Å². The van der Waals surface area contributed by atoms with Crippen LogP contribution in [0.15, 0.2) is 29.4 Å². The summed E-state index contributed by atoms with van der Waals surface area (Å²) in [7, 11) is 0. The number of aliphatic hydroxyl groups is 1. The second-order valence-electron chi connectivity index (χ2n) is 5.24. The minimum absolute atomic E-state index is 0.0275. The second-order valence-corrected chi connectivity index (χ2v) is 6.29. The number of nitrogens with one attached hydrogen (secondary N) is 1. The Balaban J connectivity index is 2.24. The van der Waals surface area contributed by atoms with Crippen molar-refractivity contribution in [2.24, 2.45) is 5.41 Å². The molecule has 0 aliphatic rings. The van der Waals surface area contributed by atoms with Gasteiger partial charge in [-0.15, -0.1) is 11.8 Å². The average Bonchev–Trinajstić information content (AvgIpc) is 2.42. The number of thioether (sulfide) groups is 1. The Labute approximate surface area is 119 Å². The standard InChI is InChI=1S/C14H22N2O2S/c1-14(2,6-3-9-17)11-16-13(18)10-19-12-4-7-15-8-5-12/h4-5,7-8,17H,3,6,9-11H2,1-2H3,(H,16,18). The first-order valence-corrected chi connectivity index (χ1v) is 7.42. The van der Waals surface area contributed by atoms with Crippen LogP contribution in [0.25, 0.3) is 0 Å². The third-order valence-corrected chi connectivity index (χ3v) is 3.81. The highest BCUT2D eigenvalue weighted by Gasteiger charge is 2.18. The maximum Gasteiger partial charge on any atom is 0.230 e. The smallest absolute Gasteiger partial charge is 0.230 e. The molecule has 5 heteroatoms. The zero-order valence-electron chi connectivity index (χ0n) is 11.6. The van der Waals surface area contributed by atoms with E-state index in [0.717, 1.165) is 17.7 Å². The lowest BCUT2D eigenvalue weighted by molar-refractivity contribution is -0.119. The molecule has 0 fully saturated rings. The largest absolute Gasteiger partial charge is 0.396 e. The van der Waals surface area contributed by atoms with Crippen LogP contribution in [0.3, 0.4) is 0 Å². The molecule has 0 saturated carbocycles. The molecule has 0 atom stereocenters. The van der Waals surface area contributed by atoms with Gasteiger partial charge in [0.1, 0.15) is 0 Å². The molecule has 0 aliphatic heterocycles. The van der Waals surface area contributed by atoms with Crippen LogP contribution < -0.4 is 5.32 Å². The molecule has 0 saturated heterocycles. The number of rotatable bonds is 8. The van der Waals surface area contributed by atoms with E-state index >= 15 is 0 Å². The molecule has 0 bridgehead atoms. The number of carbonyl (C=O) groups is 1. The highest BCUT2D eigenvalue weighted by Crippen LogP contribution is 2.21. The van der Waals surface area contributed by atoms with Crippen LogP contribution in [0.2, 0.25) is 0 Å². The summed E-state index contributed by atoms with van der Waals surface area (Å²) in [5.41, 5.74) is 0.0275. The van der Waals surface area contributed by atoms with Gasteiger partial charge in [0.25, 0.3) is 0 Å². The van der Waals surface area contributed by atoms with Crippen LogP contribution in [0.4, 0.5) is 0 Å². The van der Waals surface area contributed by atoms with Gasteiger partial charge in [-0.3, -0.25) is 9.78 Å². The van der Waals surface area contributed by atoms with E-state index in [9.17, 15) is 4.79 Å². The first-order chi connectivity index (χ1) is 9.03. The number of carbonyl (C=O) groups excluding carboxylic acids is 1. The molecule has 1 aromatic heterocycles. The van der Waals surface area contributed by atoms with Gasteiger partial charge in [-0.2, -0.15) is 0 Å². The Hall–Kier alpha value is -1.07. The zero-order chi connectivity index (χ0) is 14.1. The van der Waals surface area contributed by atoms with Gasteiger partial charge in [0.05, 0.1) is 5.75 Å². The van der Waals surface area contributed by atoms with Crippen LogP contribution in [0.5, 0.6) is 0 Å². The molecule has 0 spiro atoms. The topological polar surface area (TPSA) is 62.2 Å². The van der Waals surface area contributed by atoms with E-state index in [-0.39, 0.29) is 17.9 Å². The summed E-state index contributed by atoms with van der Waals surface area (Å²) in [6.07, 6.45) is 5.12. The predicted octanol–water partition coefficient (Wildman–Crippen LogP) is 2.09. The highest BCUT2D eigenvalue weighted by atomic mass is 32.2. The summed E-state index contributed by atoms with van der Waals surface area (Å²) in [5.74, 6) is 0.457. The summed E-state index contributed by atoms with van der Waals surface area (Å²) in [6, 6.07) is 3.78. The predicted molar refractivity (Wildman–Crippen MR) is 78.1 cm³/mol. The van der Waals surface area contributed by atoms with E-state index in [1.54, 1.807) is 12.4 Å². The van der Waals surface area contributed by atoms with Crippen molar-refractivity contribution in [2.45, 2.75) is 31.6 Å². The first kappa shape index (κ1) is 16.0. The molecule has 1 aromatic rings. The minimum Gasteiger partial charge on any atom is -0.396 e. The number of nitrogens with zero attached hydrogens (tertiary/aromatic N) is 1. The summed E-state index contributed by atoms with van der Waals surface area (Å²) in [4.78, 5) is 16.7.